The van der Waals surface area contributed by atoms with Gasteiger partial charge in [-0.3, -0.25) is 4.79 Å². The van der Waals surface area contributed by atoms with Gasteiger partial charge in [0.05, 0.1) is 11.8 Å². The molecule has 32 heavy (non-hydrogen) atoms. The lowest BCUT2D eigenvalue weighted by Crippen LogP contribution is -2.23. The van der Waals surface area contributed by atoms with Gasteiger partial charge < -0.3 is 0 Å². The molecule has 4 aromatic carbocycles. The molecule has 0 aliphatic heterocycles. The minimum absolute atomic E-state index is 0.198. The number of halogens is 2. The van der Waals surface area contributed by atoms with Crippen molar-refractivity contribution in [1.82, 2.24) is 0 Å². The van der Waals surface area contributed by atoms with Crippen LogP contribution in [0.3, 0.4) is 0 Å². The lowest BCUT2D eigenvalue weighted by molar-refractivity contribution is -0.121. The van der Waals surface area contributed by atoms with Crippen molar-refractivity contribution in [2.75, 3.05) is 10.7 Å². The maximum atomic E-state index is 13.6. The molecule has 2 unspecified atom stereocenters. The minimum Gasteiger partial charge on any atom is -0.298 e. The van der Waals surface area contributed by atoms with E-state index < -0.39 is 0 Å². The molecule has 0 heterocycles. The van der Waals surface area contributed by atoms with Crippen LogP contribution in [0.25, 0.3) is 22.3 Å². The fraction of sp³-hybridized carbons (Fsp3) is 0.138. The van der Waals surface area contributed by atoms with E-state index in [2.05, 4.69) is 105 Å². The van der Waals surface area contributed by atoms with Gasteiger partial charge in [-0.25, -0.2) is 0 Å². The summed E-state index contributed by atoms with van der Waals surface area (Å²) in [6, 6.07) is 37.3. The van der Waals surface area contributed by atoms with E-state index in [1.54, 1.807) is 0 Å². The number of ketones is 1. The molecule has 0 saturated heterocycles. The lowest BCUT2D eigenvalue weighted by Gasteiger charge is -2.21. The summed E-state index contributed by atoms with van der Waals surface area (Å²) in [4.78, 5) is 13.6. The van der Waals surface area contributed by atoms with Crippen LogP contribution in [0.15, 0.2) is 109 Å². The van der Waals surface area contributed by atoms with Crippen LogP contribution in [0.2, 0.25) is 0 Å². The Hall–Kier alpha value is -2.49. The molecule has 0 saturated carbocycles. The molecule has 0 bridgehead atoms. The largest absolute Gasteiger partial charge is 0.298 e. The number of carbonyl (C=O) groups is 1. The standard InChI is InChI=1S/C29H24Br2O/c30-19-27(25-15-11-23(12-16-25)21-7-3-1-4-8-21)29(32)28(20-31)26-17-13-24(14-18-26)22-9-5-2-6-10-22/h1-18,27-28H,19-20H2. The second-order valence-corrected chi connectivity index (χ2v) is 9.09. The fourth-order valence-electron chi connectivity index (χ4n) is 3.98. The van der Waals surface area contributed by atoms with Crippen LogP contribution in [0.1, 0.15) is 23.0 Å². The van der Waals surface area contributed by atoms with Gasteiger partial charge in [0.15, 0.2) is 0 Å². The molecule has 0 aromatic heterocycles. The van der Waals surface area contributed by atoms with Gasteiger partial charge in [-0.05, 0) is 33.4 Å². The number of benzene rings is 4. The van der Waals surface area contributed by atoms with Crippen molar-refractivity contribution >= 4 is 37.6 Å². The van der Waals surface area contributed by atoms with Gasteiger partial charge in [-0.15, -0.1) is 0 Å². The van der Waals surface area contributed by atoms with Crippen molar-refractivity contribution in [3.05, 3.63) is 120 Å². The molecule has 0 amide bonds. The van der Waals surface area contributed by atoms with Crippen molar-refractivity contribution in [3.8, 4) is 22.3 Å². The first-order chi connectivity index (χ1) is 15.7. The van der Waals surface area contributed by atoms with E-state index >= 15 is 0 Å². The van der Waals surface area contributed by atoms with Crippen LogP contribution in [0.4, 0.5) is 0 Å². The maximum absolute atomic E-state index is 13.6. The fourth-order valence-corrected chi connectivity index (χ4v) is 5.36. The summed E-state index contributed by atoms with van der Waals surface area (Å²) in [6.45, 7) is 0. The van der Waals surface area contributed by atoms with Gasteiger partial charge >= 0.3 is 0 Å². The molecule has 0 spiro atoms. The van der Waals surface area contributed by atoms with E-state index in [1.165, 1.54) is 11.1 Å². The average molecular weight is 548 g/mol. The predicted molar refractivity (Wildman–Crippen MR) is 142 cm³/mol. The van der Waals surface area contributed by atoms with Crippen LogP contribution in [-0.2, 0) is 4.79 Å². The molecule has 160 valence electrons. The van der Waals surface area contributed by atoms with Gasteiger partial charge in [0.25, 0.3) is 0 Å². The Morgan fingerprint density at radius 2 is 0.812 bits per heavy atom. The number of hydrogen-bond donors (Lipinski definition) is 0. The van der Waals surface area contributed by atoms with Gasteiger partial charge in [0.1, 0.15) is 5.78 Å². The molecule has 0 radical (unpaired) electrons. The Bertz CT molecular complexity index is 1040. The summed E-state index contributed by atoms with van der Waals surface area (Å²) in [5.41, 5.74) is 6.75. The Labute approximate surface area is 206 Å². The first-order valence-electron chi connectivity index (χ1n) is 10.7. The predicted octanol–water partition coefficient (Wildman–Crippen LogP) is 8.25. The van der Waals surface area contributed by atoms with Crippen LogP contribution >= 0.6 is 31.9 Å². The highest BCUT2D eigenvalue weighted by Gasteiger charge is 2.28. The second kappa shape index (κ2) is 10.9. The normalized spacial score (nSPS) is 12.8. The summed E-state index contributed by atoms with van der Waals surface area (Å²) < 4.78 is 0. The van der Waals surface area contributed by atoms with E-state index in [1.807, 2.05) is 36.4 Å². The summed E-state index contributed by atoms with van der Waals surface area (Å²) >= 11 is 7.19. The molecular weight excluding hydrogens is 524 g/mol. The molecular formula is C29H24Br2O. The molecule has 2 atom stereocenters. The van der Waals surface area contributed by atoms with E-state index in [9.17, 15) is 4.79 Å². The quantitative estimate of drug-likeness (QED) is 0.203. The lowest BCUT2D eigenvalue weighted by atomic mass is 9.85. The smallest absolute Gasteiger partial charge is 0.149 e. The zero-order valence-corrected chi connectivity index (χ0v) is 20.8. The van der Waals surface area contributed by atoms with E-state index in [4.69, 9.17) is 0 Å². The Morgan fingerprint density at radius 3 is 1.12 bits per heavy atom. The molecule has 4 aromatic rings. The maximum Gasteiger partial charge on any atom is 0.149 e. The highest BCUT2D eigenvalue weighted by atomic mass is 79.9. The Kier molecular flexibility index (Phi) is 7.72. The number of rotatable bonds is 8. The molecule has 0 aliphatic carbocycles. The summed E-state index contributed by atoms with van der Waals surface area (Å²) in [5.74, 6) is -0.175. The third-order valence-corrected chi connectivity index (χ3v) is 7.13. The SMILES string of the molecule is O=C(C(CBr)c1ccc(-c2ccccc2)cc1)C(CBr)c1ccc(-c2ccccc2)cc1. The summed E-state index contributed by atoms with van der Waals surface area (Å²) in [6.07, 6.45) is 0. The van der Waals surface area contributed by atoms with Crippen LogP contribution in [0.5, 0.6) is 0 Å². The number of Topliss-reactive ketones (excluding diaryl/α,β-unsaturated/α-hetero) is 1. The molecule has 1 nitrogen and oxygen atoms in total. The highest BCUT2D eigenvalue weighted by molar-refractivity contribution is 9.09. The number of hydrogen-bond acceptors (Lipinski definition) is 1. The third kappa shape index (κ3) is 5.11. The molecule has 3 heteroatoms. The van der Waals surface area contributed by atoms with Crippen LogP contribution < -0.4 is 0 Å². The first-order valence-corrected chi connectivity index (χ1v) is 12.9. The third-order valence-electron chi connectivity index (χ3n) is 5.84. The van der Waals surface area contributed by atoms with E-state index in [-0.39, 0.29) is 17.6 Å². The van der Waals surface area contributed by atoms with Gasteiger partial charge in [-0.1, -0.05) is 141 Å². The highest BCUT2D eigenvalue weighted by Crippen LogP contribution is 2.32. The molecule has 0 fully saturated rings. The Morgan fingerprint density at radius 1 is 0.500 bits per heavy atom. The van der Waals surface area contributed by atoms with Crippen LogP contribution in [0, 0.1) is 0 Å². The number of carbonyl (C=O) groups excluding carboxylic acids is 1. The van der Waals surface area contributed by atoms with Crippen LogP contribution in [-0.4, -0.2) is 16.4 Å². The van der Waals surface area contributed by atoms with Crippen molar-refractivity contribution in [2.24, 2.45) is 0 Å². The minimum atomic E-state index is -0.198. The Balaban J connectivity index is 1.55. The van der Waals surface area contributed by atoms with Crippen molar-refractivity contribution < 1.29 is 4.79 Å². The average Bonchev–Trinajstić information content (AvgIpc) is 2.87. The van der Waals surface area contributed by atoms with Crippen molar-refractivity contribution in [3.63, 3.8) is 0 Å². The monoisotopic (exact) mass is 546 g/mol. The first kappa shape index (κ1) is 22.7. The number of alkyl halides is 2. The second-order valence-electron chi connectivity index (χ2n) is 7.79. The van der Waals surface area contributed by atoms with E-state index in [0.29, 0.717) is 10.7 Å². The van der Waals surface area contributed by atoms with Crippen molar-refractivity contribution in [2.45, 2.75) is 11.8 Å². The molecule has 0 aliphatic rings. The van der Waals surface area contributed by atoms with Crippen molar-refractivity contribution in [1.29, 1.82) is 0 Å². The summed E-state index contributed by atoms with van der Waals surface area (Å²) in [5, 5.41) is 1.20. The molecule has 0 N–H and O–H groups in total. The van der Waals surface area contributed by atoms with Gasteiger partial charge in [0, 0.05) is 10.7 Å². The van der Waals surface area contributed by atoms with E-state index in [0.717, 1.165) is 22.3 Å². The van der Waals surface area contributed by atoms with Gasteiger partial charge in [-0.2, -0.15) is 0 Å². The van der Waals surface area contributed by atoms with Gasteiger partial charge in [0.2, 0.25) is 0 Å². The topological polar surface area (TPSA) is 17.1 Å². The zero-order chi connectivity index (χ0) is 22.3. The zero-order valence-electron chi connectivity index (χ0n) is 17.6. The summed E-state index contributed by atoms with van der Waals surface area (Å²) in [7, 11) is 0. The molecule has 4 rings (SSSR count).